The molecule has 0 unspecified atom stereocenters. The molecule has 0 spiro atoms. The summed E-state index contributed by atoms with van der Waals surface area (Å²) in [7, 11) is 2.08. The van der Waals surface area contributed by atoms with Gasteiger partial charge in [-0.25, -0.2) is 10.0 Å². The topological polar surface area (TPSA) is 18.5 Å². The van der Waals surface area contributed by atoms with Gasteiger partial charge in [-0.15, -0.1) is 0 Å². The lowest BCUT2D eigenvalue weighted by Gasteiger charge is -2.48. The molecule has 3 saturated heterocycles. The minimum atomic E-state index is 0.946. The Balaban J connectivity index is 1.97. The molecule has 0 aromatic carbocycles. The normalized spacial score (nSPS) is 46.1. The summed E-state index contributed by atoms with van der Waals surface area (Å²) in [6.45, 7) is 3.73. The van der Waals surface area contributed by atoms with Gasteiger partial charge in [0.2, 0.25) is 0 Å². The zero-order valence-corrected chi connectivity index (χ0v) is 5.09. The number of hydrogen-bond donors (Lipinski definition) is 1. The highest BCUT2D eigenvalue weighted by atomic mass is 15.8. The first-order chi connectivity index (χ1) is 3.84. The van der Waals surface area contributed by atoms with Crippen LogP contribution in [0.1, 0.15) is 0 Å². The molecule has 3 aliphatic heterocycles. The largest absolute Gasteiger partial charge is 0.233 e. The van der Waals surface area contributed by atoms with Gasteiger partial charge in [-0.2, -0.15) is 5.53 Å². The number of rotatable bonds is 0. The van der Waals surface area contributed by atoms with E-state index >= 15 is 0 Å². The van der Waals surface area contributed by atoms with E-state index in [-0.39, 0.29) is 0 Å². The summed E-state index contributed by atoms with van der Waals surface area (Å²) in [6.07, 6.45) is 0. The Kier molecular flexibility index (Phi) is 0.848. The van der Waals surface area contributed by atoms with Gasteiger partial charge in [0.1, 0.15) is 0 Å². The molecule has 0 saturated carbocycles. The first kappa shape index (κ1) is 4.73. The number of nitrogens with zero attached hydrogens (tertiary/aromatic N) is 2. The number of hydrogen-bond acceptors (Lipinski definition) is 3. The van der Waals surface area contributed by atoms with Gasteiger partial charge in [0.15, 0.2) is 0 Å². The molecular formula is C5H11N3. The van der Waals surface area contributed by atoms with Crippen LogP contribution in [0.2, 0.25) is 0 Å². The van der Waals surface area contributed by atoms with Gasteiger partial charge < -0.3 is 0 Å². The Morgan fingerprint density at radius 3 is 2.38 bits per heavy atom. The molecule has 0 atom stereocenters. The molecule has 3 rings (SSSR count). The molecule has 0 amide bonds. The summed E-state index contributed by atoms with van der Waals surface area (Å²) in [4.78, 5) is 0. The van der Waals surface area contributed by atoms with E-state index in [1.165, 1.54) is 19.6 Å². The number of hydrazine groups is 2. The molecule has 3 heteroatoms. The minimum absolute atomic E-state index is 0.946. The SMILES string of the molecule is CN1CC2CN(C2)N1. The molecule has 0 aliphatic carbocycles. The van der Waals surface area contributed by atoms with Gasteiger partial charge in [0, 0.05) is 32.6 Å². The summed E-state index contributed by atoms with van der Waals surface area (Å²) in [5.41, 5.74) is 3.21. The van der Waals surface area contributed by atoms with E-state index in [4.69, 9.17) is 0 Å². The Bertz CT molecular complexity index is 87.8. The highest BCUT2D eigenvalue weighted by molar-refractivity contribution is 4.81. The van der Waals surface area contributed by atoms with Gasteiger partial charge in [0.05, 0.1) is 0 Å². The van der Waals surface area contributed by atoms with Crippen molar-refractivity contribution in [2.75, 3.05) is 26.7 Å². The molecule has 0 radical (unpaired) electrons. The van der Waals surface area contributed by atoms with E-state index in [9.17, 15) is 0 Å². The van der Waals surface area contributed by atoms with Gasteiger partial charge in [-0.05, 0) is 0 Å². The van der Waals surface area contributed by atoms with Crippen molar-refractivity contribution in [2.45, 2.75) is 0 Å². The quantitative estimate of drug-likeness (QED) is 0.447. The molecule has 2 bridgehead atoms. The van der Waals surface area contributed by atoms with Crippen molar-refractivity contribution in [2.24, 2.45) is 5.92 Å². The van der Waals surface area contributed by atoms with Crippen molar-refractivity contribution in [3.63, 3.8) is 0 Å². The fourth-order valence-electron chi connectivity index (χ4n) is 1.44. The molecule has 3 heterocycles. The number of fused-ring (bicyclic) bond motifs is 2. The summed E-state index contributed by atoms with van der Waals surface area (Å²) < 4.78 is 0. The van der Waals surface area contributed by atoms with Crippen molar-refractivity contribution in [1.29, 1.82) is 0 Å². The molecule has 0 aromatic heterocycles. The lowest BCUT2D eigenvalue weighted by molar-refractivity contribution is -0.111. The van der Waals surface area contributed by atoms with Crippen LogP contribution in [0.4, 0.5) is 0 Å². The summed E-state index contributed by atoms with van der Waals surface area (Å²) in [5.74, 6) is 0.946. The lowest BCUT2D eigenvalue weighted by atomic mass is 10.0. The maximum absolute atomic E-state index is 3.21. The van der Waals surface area contributed by atoms with Crippen LogP contribution in [0.5, 0.6) is 0 Å². The van der Waals surface area contributed by atoms with Crippen LogP contribution in [0.3, 0.4) is 0 Å². The molecule has 8 heavy (non-hydrogen) atoms. The van der Waals surface area contributed by atoms with Crippen molar-refractivity contribution < 1.29 is 0 Å². The van der Waals surface area contributed by atoms with Crippen LogP contribution in [0, 0.1) is 5.92 Å². The zero-order chi connectivity index (χ0) is 5.56. The van der Waals surface area contributed by atoms with E-state index in [1.807, 2.05) is 0 Å². The average molecular weight is 113 g/mol. The van der Waals surface area contributed by atoms with Crippen LogP contribution >= 0.6 is 0 Å². The maximum Gasteiger partial charge on any atom is 0.0198 e. The van der Waals surface area contributed by atoms with Crippen molar-refractivity contribution in [3.8, 4) is 0 Å². The third kappa shape index (κ3) is 0.555. The van der Waals surface area contributed by atoms with E-state index in [0.717, 1.165) is 5.92 Å². The number of nitrogens with one attached hydrogen (secondary N) is 1. The highest BCUT2D eigenvalue weighted by Crippen LogP contribution is 2.17. The summed E-state index contributed by atoms with van der Waals surface area (Å²) >= 11 is 0. The standard InChI is InChI=1S/C5H11N3/c1-7-2-5-3-8(4-5)6-7/h5-6H,2-4H2,1H3. The fourth-order valence-corrected chi connectivity index (χ4v) is 1.44. The predicted octanol–water partition coefficient (Wildman–Crippen LogP) is -0.717. The third-order valence-corrected chi connectivity index (χ3v) is 1.80. The van der Waals surface area contributed by atoms with Crippen molar-refractivity contribution in [1.82, 2.24) is 15.6 Å². The predicted molar refractivity (Wildman–Crippen MR) is 30.8 cm³/mol. The Morgan fingerprint density at radius 1 is 1.38 bits per heavy atom. The molecular weight excluding hydrogens is 102 g/mol. The minimum Gasteiger partial charge on any atom is -0.233 e. The second-order valence-electron chi connectivity index (χ2n) is 2.75. The van der Waals surface area contributed by atoms with Gasteiger partial charge in [0.25, 0.3) is 0 Å². The highest BCUT2D eigenvalue weighted by Gasteiger charge is 2.32. The average Bonchev–Trinajstić information content (AvgIpc) is 1.62. The molecule has 1 N–H and O–H groups in total. The van der Waals surface area contributed by atoms with Gasteiger partial charge in [-0.3, -0.25) is 0 Å². The van der Waals surface area contributed by atoms with Crippen LogP contribution in [-0.4, -0.2) is 36.7 Å². The summed E-state index contributed by atoms with van der Waals surface area (Å²) in [6, 6.07) is 0. The monoisotopic (exact) mass is 113 g/mol. The molecule has 46 valence electrons. The molecule has 3 fully saturated rings. The van der Waals surface area contributed by atoms with E-state index < -0.39 is 0 Å². The first-order valence-electron chi connectivity index (χ1n) is 3.07. The lowest BCUT2D eigenvalue weighted by Crippen LogP contribution is -2.67. The van der Waals surface area contributed by atoms with Gasteiger partial charge >= 0.3 is 0 Å². The fraction of sp³-hybridized carbons (Fsp3) is 1.00. The van der Waals surface area contributed by atoms with Crippen LogP contribution < -0.4 is 5.53 Å². The Morgan fingerprint density at radius 2 is 2.12 bits per heavy atom. The van der Waals surface area contributed by atoms with E-state index in [1.54, 1.807) is 0 Å². The Hall–Kier alpha value is -0.120. The molecule has 0 aromatic rings. The second-order valence-corrected chi connectivity index (χ2v) is 2.75. The maximum atomic E-state index is 3.21. The van der Waals surface area contributed by atoms with Crippen molar-refractivity contribution in [3.05, 3.63) is 0 Å². The Labute approximate surface area is 49.2 Å². The first-order valence-corrected chi connectivity index (χ1v) is 3.07. The van der Waals surface area contributed by atoms with Crippen LogP contribution in [0.15, 0.2) is 0 Å². The van der Waals surface area contributed by atoms with Crippen LogP contribution in [-0.2, 0) is 0 Å². The van der Waals surface area contributed by atoms with Gasteiger partial charge in [-0.1, -0.05) is 0 Å². The summed E-state index contributed by atoms with van der Waals surface area (Å²) in [5, 5.41) is 4.37. The van der Waals surface area contributed by atoms with E-state index in [2.05, 4.69) is 22.6 Å². The molecule has 3 aliphatic rings. The van der Waals surface area contributed by atoms with E-state index in [0.29, 0.717) is 0 Å². The third-order valence-electron chi connectivity index (χ3n) is 1.80. The molecule has 3 nitrogen and oxygen atoms in total. The second kappa shape index (κ2) is 1.43. The zero-order valence-electron chi connectivity index (χ0n) is 5.09. The van der Waals surface area contributed by atoms with Crippen LogP contribution in [0.25, 0.3) is 0 Å². The smallest absolute Gasteiger partial charge is 0.0198 e. The van der Waals surface area contributed by atoms with Crippen molar-refractivity contribution >= 4 is 0 Å².